The SMILES string of the molecule is CCCCCCCCCCCCCCCCCCN=Cc1ccc(OCCCCCCCCCCCCCC)cc1. The molecule has 238 valence electrons. The van der Waals surface area contributed by atoms with Crippen molar-refractivity contribution in [1.29, 1.82) is 0 Å². The van der Waals surface area contributed by atoms with Gasteiger partial charge >= 0.3 is 0 Å². The molecule has 0 saturated heterocycles. The fraction of sp³-hybridized carbons (Fsp3) is 0.821. The van der Waals surface area contributed by atoms with Gasteiger partial charge in [0.1, 0.15) is 5.75 Å². The van der Waals surface area contributed by atoms with Crippen molar-refractivity contribution >= 4 is 6.21 Å². The van der Waals surface area contributed by atoms with Gasteiger partial charge in [-0.15, -0.1) is 0 Å². The van der Waals surface area contributed by atoms with Crippen LogP contribution in [0.2, 0.25) is 0 Å². The fourth-order valence-corrected chi connectivity index (χ4v) is 5.70. The van der Waals surface area contributed by atoms with E-state index in [1.54, 1.807) is 0 Å². The normalized spacial score (nSPS) is 11.6. The Kier molecular flexibility index (Phi) is 29.1. The third-order valence-electron chi connectivity index (χ3n) is 8.53. The molecule has 0 atom stereocenters. The predicted molar refractivity (Wildman–Crippen MR) is 185 cm³/mol. The molecule has 0 aromatic heterocycles. The third-order valence-corrected chi connectivity index (χ3v) is 8.53. The number of nitrogens with zero attached hydrogens (tertiary/aromatic N) is 1. The van der Waals surface area contributed by atoms with E-state index in [1.165, 1.54) is 185 Å². The molecule has 0 spiro atoms. The van der Waals surface area contributed by atoms with Crippen LogP contribution in [0.3, 0.4) is 0 Å². The van der Waals surface area contributed by atoms with Crippen LogP contribution in [0.25, 0.3) is 0 Å². The van der Waals surface area contributed by atoms with Crippen LogP contribution in [0.15, 0.2) is 29.3 Å². The van der Waals surface area contributed by atoms with Crippen LogP contribution in [0.4, 0.5) is 0 Å². The highest BCUT2D eigenvalue weighted by atomic mass is 16.5. The van der Waals surface area contributed by atoms with Crippen LogP contribution in [0, 0.1) is 0 Å². The first kappa shape index (κ1) is 37.7. The van der Waals surface area contributed by atoms with Crippen LogP contribution in [0.1, 0.15) is 199 Å². The van der Waals surface area contributed by atoms with E-state index in [1.807, 2.05) is 6.21 Å². The standard InChI is InChI=1S/C39H71NO/c1-3-5-7-9-11-13-15-17-18-19-20-21-23-25-27-29-35-40-37-38-31-33-39(34-32-38)41-36-30-28-26-24-22-16-14-12-10-8-6-4-2/h31-34,37H,3-30,35-36H2,1-2H3. The van der Waals surface area contributed by atoms with Crippen molar-refractivity contribution in [2.75, 3.05) is 13.2 Å². The van der Waals surface area contributed by atoms with Crippen molar-refractivity contribution in [2.45, 2.75) is 194 Å². The molecule has 0 saturated carbocycles. The van der Waals surface area contributed by atoms with E-state index < -0.39 is 0 Å². The molecule has 0 aliphatic heterocycles. The summed E-state index contributed by atoms with van der Waals surface area (Å²) < 4.78 is 5.95. The highest BCUT2D eigenvalue weighted by Crippen LogP contribution is 2.16. The maximum atomic E-state index is 5.95. The van der Waals surface area contributed by atoms with Gasteiger partial charge in [0, 0.05) is 12.8 Å². The Balaban J connectivity index is 1.85. The molecule has 0 heterocycles. The highest BCUT2D eigenvalue weighted by Gasteiger charge is 1.97. The Morgan fingerprint density at radius 2 is 0.780 bits per heavy atom. The van der Waals surface area contributed by atoms with Gasteiger partial charge in [0.15, 0.2) is 0 Å². The van der Waals surface area contributed by atoms with E-state index >= 15 is 0 Å². The van der Waals surface area contributed by atoms with Gasteiger partial charge in [0.05, 0.1) is 6.61 Å². The molecule has 0 radical (unpaired) electrons. The minimum atomic E-state index is 0.837. The van der Waals surface area contributed by atoms with Crippen molar-refractivity contribution < 1.29 is 4.74 Å². The van der Waals surface area contributed by atoms with Gasteiger partial charge in [-0.05, 0) is 42.7 Å². The summed E-state index contributed by atoms with van der Waals surface area (Å²) in [4.78, 5) is 4.65. The molecule has 2 heteroatoms. The molecule has 0 aliphatic rings. The van der Waals surface area contributed by atoms with Crippen LogP contribution in [-0.2, 0) is 0 Å². The molecule has 1 aromatic rings. The van der Waals surface area contributed by atoms with Gasteiger partial charge in [-0.1, -0.05) is 181 Å². The molecule has 0 fully saturated rings. The predicted octanol–water partition coefficient (Wildman–Crippen LogP) is 13.4. The van der Waals surface area contributed by atoms with Gasteiger partial charge in [-0.3, -0.25) is 4.99 Å². The Labute approximate surface area is 257 Å². The van der Waals surface area contributed by atoms with E-state index in [-0.39, 0.29) is 0 Å². The smallest absolute Gasteiger partial charge is 0.119 e. The van der Waals surface area contributed by atoms with Gasteiger partial charge in [0.25, 0.3) is 0 Å². The topological polar surface area (TPSA) is 21.6 Å². The van der Waals surface area contributed by atoms with Crippen LogP contribution < -0.4 is 4.74 Å². The van der Waals surface area contributed by atoms with Crippen LogP contribution in [0.5, 0.6) is 5.75 Å². The lowest BCUT2D eigenvalue weighted by Crippen LogP contribution is -1.97. The minimum Gasteiger partial charge on any atom is -0.494 e. The molecule has 2 nitrogen and oxygen atoms in total. The van der Waals surface area contributed by atoms with E-state index in [2.05, 4.69) is 43.1 Å². The van der Waals surface area contributed by atoms with E-state index in [0.29, 0.717) is 0 Å². The zero-order chi connectivity index (χ0) is 29.3. The summed E-state index contributed by atoms with van der Waals surface area (Å²) in [5.41, 5.74) is 1.18. The lowest BCUT2D eigenvalue weighted by atomic mass is 10.0. The Hall–Kier alpha value is -1.31. The highest BCUT2D eigenvalue weighted by molar-refractivity contribution is 5.79. The Bertz CT molecular complexity index is 652. The van der Waals surface area contributed by atoms with Crippen LogP contribution in [-0.4, -0.2) is 19.4 Å². The molecule has 0 amide bonds. The second-order valence-corrected chi connectivity index (χ2v) is 12.6. The van der Waals surface area contributed by atoms with Crippen LogP contribution >= 0.6 is 0 Å². The van der Waals surface area contributed by atoms with E-state index in [9.17, 15) is 0 Å². The molecule has 1 aromatic carbocycles. The van der Waals surface area contributed by atoms with E-state index in [0.717, 1.165) is 18.9 Å². The summed E-state index contributed by atoms with van der Waals surface area (Å²) in [6.45, 7) is 6.38. The van der Waals surface area contributed by atoms with Crippen molar-refractivity contribution in [3.05, 3.63) is 29.8 Å². The van der Waals surface area contributed by atoms with Gasteiger partial charge in [-0.2, -0.15) is 0 Å². The molecule has 0 unspecified atom stereocenters. The lowest BCUT2D eigenvalue weighted by Gasteiger charge is -2.06. The van der Waals surface area contributed by atoms with Crippen molar-refractivity contribution in [2.24, 2.45) is 4.99 Å². The first-order valence-corrected chi connectivity index (χ1v) is 18.6. The summed E-state index contributed by atoms with van der Waals surface area (Å²) >= 11 is 0. The summed E-state index contributed by atoms with van der Waals surface area (Å²) in [7, 11) is 0. The molecule has 0 N–H and O–H groups in total. The Morgan fingerprint density at radius 1 is 0.439 bits per heavy atom. The molecule has 41 heavy (non-hydrogen) atoms. The average molecular weight is 570 g/mol. The molecule has 0 bridgehead atoms. The monoisotopic (exact) mass is 570 g/mol. The summed E-state index contributed by atoms with van der Waals surface area (Å²) in [5, 5.41) is 0. The molecular formula is C39H71NO. The number of unbranched alkanes of at least 4 members (excludes halogenated alkanes) is 26. The van der Waals surface area contributed by atoms with E-state index in [4.69, 9.17) is 4.74 Å². The summed E-state index contributed by atoms with van der Waals surface area (Å²) in [6.07, 6.45) is 41.2. The zero-order valence-corrected chi connectivity index (χ0v) is 28.0. The second kappa shape index (κ2) is 31.6. The first-order chi connectivity index (χ1) is 20.4. The minimum absolute atomic E-state index is 0.837. The lowest BCUT2D eigenvalue weighted by molar-refractivity contribution is 0.304. The maximum Gasteiger partial charge on any atom is 0.119 e. The molecular weight excluding hydrogens is 498 g/mol. The molecule has 0 aliphatic carbocycles. The molecule has 1 rings (SSSR count). The number of hydrogen-bond donors (Lipinski definition) is 0. The first-order valence-electron chi connectivity index (χ1n) is 18.6. The fourth-order valence-electron chi connectivity index (χ4n) is 5.70. The van der Waals surface area contributed by atoms with Crippen molar-refractivity contribution in [3.8, 4) is 5.75 Å². The maximum absolute atomic E-state index is 5.95. The Morgan fingerprint density at radius 3 is 1.17 bits per heavy atom. The number of hydrogen-bond acceptors (Lipinski definition) is 2. The summed E-state index contributed by atoms with van der Waals surface area (Å²) in [5.74, 6) is 0.989. The average Bonchev–Trinajstić information content (AvgIpc) is 2.99. The number of rotatable bonds is 32. The second-order valence-electron chi connectivity index (χ2n) is 12.6. The quantitative estimate of drug-likeness (QED) is 0.0624. The number of aliphatic imine (C=N–C) groups is 1. The number of ether oxygens (including phenoxy) is 1. The van der Waals surface area contributed by atoms with Gasteiger partial charge in [0.2, 0.25) is 0 Å². The number of benzene rings is 1. The van der Waals surface area contributed by atoms with Gasteiger partial charge < -0.3 is 4.74 Å². The van der Waals surface area contributed by atoms with Gasteiger partial charge in [-0.25, -0.2) is 0 Å². The third kappa shape index (κ3) is 27.3. The largest absolute Gasteiger partial charge is 0.494 e. The van der Waals surface area contributed by atoms with Crippen molar-refractivity contribution in [1.82, 2.24) is 0 Å². The zero-order valence-electron chi connectivity index (χ0n) is 28.0. The summed E-state index contributed by atoms with van der Waals surface area (Å²) in [6, 6.07) is 8.45. The van der Waals surface area contributed by atoms with Crippen molar-refractivity contribution in [3.63, 3.8) is 0 Å².